The number of hydrogen-bond donors (Lipinski definition) is 0. The number of sulfone groups is 2. The van der Waals surface area contributed by atoms with E-state index in [9.17, 15) is 90.9 Å². The van der Waals surface area contributed by atoms with E-state index in [-0.39, 0.29) is 77.3 Å². The third-order valence-electron chi connectivity index (χ3n) is 4.84. The molecule has 2 aromatic rings. The number of benzene rings is 2. The molecule has 1 atom stereocenters. The molecule has 0 spiro atoms. The van der Waals surface area contributed by atoms with E-state index < -0.39 is 120 Å². The molecule has 12 nitrogen and oxygen atoms in total. The maximum atomic E-state index is 14.6. The molecule has 256 valence electrons. The predicted molar refractivity (Wildman–Crippen MR) is 123 cm³/mol. The van der Waals surface area contributed by atoms with Crippen molar-refractivity contribution in [3.05, 3.63) is 45.9 Å². The maximum absolute atomic E-state index is 14.6. The summed E-state index contributed by atoms with van der Waals surface area (Å²) >= 11 is 5.77. The minimum atomic E-state index is -7.46. The van der Waals surface area contributed by atoms with E-state index in [1.807, 2.05) is 0 Å². The summed E-state index contributed by atoms with van der Waals surface area (Å²) in [6.07, 6.45) is 0. The van der Waals surface area contributed by atoms with Gasteiger partial charge in [0.25, 0.3) is 20.9 Å². The summed E-state index contributed by atoms with van der Waals surface area (Å²) in [5.41, 5.74) is 0. The Hall–Kier alpha value is -0.0100. The van der Waals surface area contributed by atoms with Crippen molar-refractivity contribution < 1.29 is 154 Å². The van der Waals surface area contributed by atoms with Gasteiger partial charge in [-0.15, -0.1) is 0 Å². The molecule has 0 radical (unpaired) electrons. The molecule has 0 aliphatic rings. The van der Waals surface area contributed by atoms with Gasteiger partial charge in [0.15, 0.2) is 31.8 Å². The third kappa shape index (κ3) is 8.07. The molecule has 0 aliphatic heterocycles. The van der Waals surface area contributed by atoms with Crippen molar-refractivity contribution in [2.45, 2.75) is 35.7 Å². The maximum Gasteiger partial charge on any atom is 1.00 e. The van der Waals surface area contributed by atoms with Gasteiger partial charge in [-0.25, -0.2) is 46.7 Å². The molecule has 0 heterocycles. The standard InChI is InChI=1S/C16H6Cl2F10O12S5.2Na/c17-7-1-5(3-9(19)11(7)40-41(29)13(21,22)14(23,24)44(34,35)36)42(30,31)6-2-8(18)12(10(20)4-6)43(32,33)15(25,26)16(27,28)45(37,38)39;;/h1-4H,(H,34,35,36)(H,37,38,39);;/q;2*+1/p-2. The second-order valence-electron chi connectivity index (χ2n) is 7.73. The van der Waals surface area contributed by atoms with Gasteiger partial charge in [0.05, 0.1) is 19.8 Å². The van der Waals surface area contributed by atoms with Crippen molar-refractivity contribution in [1.82, 2.24) is 0 Å². The van der Waals surface area contributed by atoms with Crippen LogP contribution < -0.4 is 63.3 Å². The molecule has 47 heavy (non-hydrogen) atoms. The summed E-state index contributed by atoms with van der Waals surface area (Å²) in [6.45, 7) is 0. The fourth-order valence-corrected chi connectivity index (χ4v) is 8.47. The predicted octanol–water partition coefficient (Wildman–Crippen LogP) is -2.61. The monoisotopic (exact) mass is 854 g/mol. The quantitative estimate of drug-likeness (QED) is 0.130. The molecule has 2 rings (SSSR count). The molecule has 0 aliphatic carbocycles. The van der Waals surface area contributed by atoms with Crippen LogP contribution >= 0.6 is 23.2 Å². The van der Waals surface area contributed by atoms with Crippen LogP contribution in [0.4, 0.5) is 43.9 Å². The fraction of sp³-hybridized carbons (Fsp3) is 0.250. The molecule has 0 saturated heterocycles. The Balaban J connectivity index is 0.0000106. The van der Waals surface area contributed by atoms with E-state index >= 15 is 0 Å². The zero-order valence-corrected chi connectivity index (χ0v) is 31.4. The molecular weight excluding hydrogens is 851 g/mol. The minimum Gasteiger partial charge on any atom is -0.743 e. The molecular formula is C16H4Cl2F10Na2O12S5. The van der Waals surface area contributed by atoms with Gasteiger partial charge in [0, 0.05) is 0 Å². The Morgan fingerprint density at radius 1 is 0.638 bits per heavy atom. The van der Waals surface area contributed by atoms with Crippen LogP contribution in [-0.2, 0) is 51.0 Å². The van der Waals surface area contributed by atoms with E-state index in [2.05, 4.69) is 4.18 Å². The Bertz CT molecular complexity index is 2000. The van der Waals surface area contributed by atoms with Gasteiger partial charge in [-0.05, 0) is 24.3 Å². The molecule has 0 aromatic heterocycles. The molecule has 2 aromatic carbocycles. The van der Waals surface area contributed by atoms with Crippen molar-refractivity contribution in [1.29, 1.82) is 0 Å². The van der Waals surface area contributed by atoms with Crippen LogP contribution in [0.2, 0.25) is 10.0 Å². The van der Waals surface area contributed by atoms with Gasteiger partial charge in [-0.2, -0.15) is 35.1 Å². The Morgan fingerprint density at radius 3 is 1.38 bits per heavy atom. The van der Waals surface area contributed by atoms with Crippen molar-refractivity contribution in [3.63, 3.8) is 0 Å². The van der Waals surface area contributed by atoms with Crippen LogP contribution in [0.25, 0.3) is 0 Å². The Kier molecular flexibility index (Phi) is 14.5. The van der Waals surface area contributed by atoms with Crippen molar-refractivity contribution in [2.24, 2.45) is 0 Å². The summed E-state index contributed by atoms with van der Waals surface area (Å²) < 4.78 is 266. The van der Waals surface area contributed by atoms with Gasteiger partial charge in [0.1, 0.15) is 10.7 Å². The first-order valence-corrected chi connectivity index (χ1v) is 17.3. The topological polar surface area (TPSA) is 209 Å². The fourth-order valence-electron chi connectivity index (χ4n) is 2.66. The molecule has 1 unspecified atom stereocenters. The summed E-state index contributed by atoms with van der Waals surface area (Å²) in [5.74, 6) is -6.95. The average Bonchev–Trinajstić information content (AvgIpc) is 2.83. The van der Waals surface area contributed by atoms with Gasteiger partial charge in [-0.1, -0.05) is 23.2 Å². The molecule has 31 heteroatoms. The van der Waals surface area contributed by atoms with Gasteiger partial charge in [0.2, 0.25) is 9.84 Å². The normalized spacial score (nSPS) is 14.5. The largest absolute Gasteiger partial charge is 1.00 e. The van der Waals surface area contributed by atoms with Gasteiger partial charge in [-0.3, -0.25) is 0 Å². The third-order valence-corrected chi connectivity index (χ3v) is 12.2. The van der Waals surface area contributed by atoms with Crippen LogP contribution in [-0.4, -0.2) is 68.0 Å². The minimum absolute atomic E-state index is 0. The zero-order valence-electron chi connectivity index (χ0n) is 21.8. The SMILES string of the molecule is O=S(Oc1c(F)cc(S(=O)(=O)c2cc(F)c(S(=O)(=O)C(F)(F)C(F)(F)S(=O)(=O)[O-])c(Cl)c2)cc1Cl)C(F)(F)C(F)(F)S(=O)(=O)[O-].[Na+].[Na+]. The average molecular weight is 855 g/mol. The van der Waals surface area contributed by atoms with Gasteiger partial charge < -0.3 is 13.3 Å². The summed E-state index contributed by atoms with van der Waals surface area (Å²) in [7, 11) is -27.5. The van der Waals surface area contributed by atoms with Crippen molar-refractivity contribution in [2.75, 3.05) is 0 Å². The molecule has 0 N–H and O–H groups in total. The van der Waals surface area contributed by atoms with E-state index in [1.54, 1.807) is 0 Å². The number of hydrogen-bond acceptors (Lipinski definition) is 12. The smallest absolute Gasteiger partial charge is 0.743 e. The number of rotatable bonds is 11. The van der Waals surface area contributed by atoms with E-state index in [1.165, 1.54) is 0 Å². The molecule has 0 fully saturated rings. The molecule has 0 saturated carbocycles. The van der Waals surface area contributed by atoms with E-state index in [4.69, 9.17) is 23.2 Å². The van der Waals surface area contributed by atoms with Crippen LogP contribution in [0.15, 0.2) is 39.0 Å². The van der Waals surface area contributed by atoms with Gasteiger partial charge >= 0.3 is 80.1 Å². The van der Waals surface area contributed by atoms with Crippen LogP contribution in [0.1, 0.15) is 0 Å². The summed E-state index contributed by atoms with van der Waals surface area (Å²) in [4.78, 5) is -5.84. The summed E-state index contributed by atoms with van der Waals surface area (Å²) in [5, 5.41) is -30.4. The van der Waals surface area contributed by atoms with E-state index in [0.717, 1.165) is 0 Å². The zero-order chi connectivity index (χ0) is 35.7. The van der Waals surface area contributed by atoms with Crippen LogP contribution in [0.5, 0.6) is 5.75 Å². The Labute approximate surface area is 312 Å². The van der Waals surface area contributed by atoms with Crippen molar-refractivity contribution in [3.8, 4) is 5.75 Å². The first kappa shape index (κ1) is 47.0. The first-order valence-electron chi connectivity index (χ1n) is 9.71. The van der Waals surface area contributed by atoms with Crippen LogP contribution in [0, 0.1) is 11.6 Å². The van der Waals surface area contributed by atoms with Crippen LogP contribution in [0.3, 0.4) is 0 Å². The first-order chi connectivity index (χ1) is 19.7. The molecule has 0 amide bonds. The second kappa shape index (κ2) is 14.5. The summed E-state index contributed by atoms with van der Waals surface area (Å²) in [6, 6.07) is -1.16. The van der Waals surface area contributed by atoms with E-state index in [0.29, 0.717) is 0 Å². The Morgan fingerprint density at radius 2 is 1.02 bits per heavy atom. The number of alkyl halides is 8. The molecule has 0 bridgehead atoms. The van der Waals surface area contributed by atoms with Crippen molar-refractivity contribution >= 4 is 74.2 Å². The number of halogens is 12. The second-order valence-corrected chi connectivity index (χ2v) is 16.4.